The predicted molar refractivity (Wildman–Crippen MR) is 75.5 cm³/mol. The Hall–Kier alpha value is -1.85. The topological polar surface area (TPSA) is 46.2 Å². The Bertz CT molecular complexity index is 610. The first-order valence-corrected chi connectivity index (χ1v) is 6.56. The van der Waals surface area contributed by atoms with Crippen LogP contribution in [0.15, 0.2) is 48.5 Å². The van der Waals surface area contributed by atoms with Crippen LogP contribution in [0.2, 0.25) is 0 Å². The van der Waals surface area contributed by atoms with Gasteiger partial charge in [0, 0.05) is 12.6 Å². The standard InChI is InChI=1S/C16H16F3NO/c17-16(18,19)14-6-2-4-12(10-14)11-3-1-5-13(9-11)15(20)7-8-21/h1-6,9-10,15,21H,7-8,20H2. The van der Waals surface area contributed by atoms with Crippen LogP contribution in [0.1, 0.15) is 23.6 Å². The molecule has 2 aromatic carbocycles. The Morgan fingerprint density at radius 2 is 1.62 bits per heavy atom. The fourth-order valence-corrected chi connectivity index (χ4v) is 2.13. The monoisotopic (exact) mass is 295 g/mol. The first-order chi connectivity index (χ1) is 9.91. The van der Waals surface area contributed by atoms with Crippen molar-refractivity contribution in [3.8, 4) is 11.1 Å². The third-order valence-electron chi connectivity index (χ3n) is 3.28. The molecule has 2 aromatic rings. The second kappa shape index (κ2) is 6.28. The van der Waals surface area contributed by atoms with E-state index in [1.165, 1.54) is 6.07 Å². The number of aliphatic hydroxyl groups excluding tert-OH is 1. The molecule has 1 unspecified atom stereocenters. The largest absolute Gasteiger partial charge is 0.416 e. The van der Waals surface area contributed by atoms with Gasteiger partial charge in [-0.2, -0.15) is 13.2 Å². The van der Waals surface area contributed by atoms with E-state index in [1.807, 2.05) is 0 Å². The van der Waals surface area contributed by atoms with Crippen molar-refractivity contribution in [3.05, 3.63) is 59.7 Å². The molecule has 0 radical (unpaired) electrons. The molecule has 0 aliphatic carbocycles. The normalized spacial score (nSPS) is 13.2. The van der Waals surface area contributed by atoms with Crippen molar-refractivity contribution in [1.29, 1.82) is 0 Å². The SMILES string of the molecule is NC(CCO)c1cccc(-c2cccc(C(F)(F)F)c2)c1. The van der Waals surface area contributed by atoms with Gasteiger partial charge in [-0.05, 0) is 41.3 Å². The van der Waals surface area contributed by atoms with Gasteiger partial charge < -0.3 is 10.8 Å². The summed E-state index contributed by atoms with van der Waals surface area (Å²) in [6, 6.07) is 11.9. The Balaban J connectivity index is 2.36. The maximum Gasteiger partial charge on any atom is 0.416 e. The number of aliphatic hydroxyl groups is 1. The molecule has 21 heavy (non-hydrogen) atoms. The highest BCUT2D eigenvalue weighted by Gasteiger charge is 2.30. The second-order valence-corrected chi connectivity index (χ2v) is 4.82. The first-order valence-electron chi connectivity index (χ1n) is 6.56. The van der Waals surface area contributed by atoms with Gasteiger partial charge in [0.1, 0.15) is 0 Å². The van der Waals surface area contributed by atoms with Crippen LogP contribution in [0.4, 0.5) is 13.2 Å². The van der Waals surface area contributed by atoms with E-state index in [0.29, 0.717) is 17.5 Å². The minimum atomic E-state index is -4.36. The number of nitrogens with two attached hydrogens (primary N) is 1. The lowest BCUT2D eigenvalue weighted by molar-refractivity contribution is -0.137. The second-order valence-electron chi connectivity index (χ2n) is 4.82. The molecule has 2 nitrogen and oxygen atoms in total. The van der Waals surface area contributed by atoms with Crippen LogP contribution < -0.4 is 5.73 Å². The molecule has 0 amide bonds. The number of halogens is 3. The number of rotatable bonds is 4. The van der Waals surface area contributed by atoms with Crippen LogP contribution in [-0.4, -0.2) is 11.7 Å². The average Bonchev–Trinajstić information content (AvgIpc) is 2.47. The van der Waals surface area contributed by atoms with Crippen LogP contribution in [-0.2, 0) is 6.18 Å². The van der Waals surface area contributed by atoms with E-state index in [0.717, 1.165) is 17.7 Å². The lowest BCUT2D eigenvalue weighted by Gasteiger charge is -2.13. The van der Waals surface area contributed by atoms with E-state index < -0.39 is 11.7 Å². The number of hydrogen-bond donors (Lipinski definition) is 2. The van der Waals surface area contributed by atoms with E-state index >= 15 is 0 Å². The van der Waals surface area contributed by atoms with Gasteiger partial charge in [0.25, 0.3) is 0 Å². The van der Waals surface area contributed by atoms with Gasteiger partial charge in [-0.1, -0.05) is 30.3 Å². The van der Waals surface area contributed by atoms with Crippen LogP contribution >= 0.6 is 0 Å². The molecule has 0 spiro atoms. The van der Waals surface area contributed by atoms with Crippen molar-refractivity contribution in [3.63, 3.8) is 0 Å². The fourth-order valence-electron chi connectivity index (χ4n) is 2.13. The van der Waals surface area contributed by atoms with E-state index in [4.69, 9.17) is 10.8 Å². The number of hydrogen-bond acceptors (Lipinski definition) is 2. The van der Waals surface area contributed by atoms with Crippen LogP contribution in [0, 0.1) is 0 Å². The van der Waals surface area contributed by atoms with Gasteiger partial charge >= 0.3 is 6.18 Å². The van der Waals surface area contributed by atoms with Gasteiger partial charge in [-0.15, -0.1) is 0 Å². The van der Waals surface area contributed by atoms with Crippen molar-refractivity contribution in [2.45, 2.75) is 18.6 Å². The zero-order valence-electron chi connectivity index (χ0n) is 11.3. The summed E-state index contributed by atoms with van der Waals surface area (Å²) in [4.78, 5) is 0. The van der Waals surface area contributed by atoms with Crippen molar-refractivity contribution < 1.29 is 18.3 Å². The summed E-state index contributed by atoms with van der Waals surface area (Å²) in [6.45, 7) is -0.0328. The number of alkyl halides is 3. The van der Waals surface area contributed by atoms with Crippen molar-refractivity contribution in [2.24, 2.45) is 5.73 Å². The molecule has 0 aromatic heterocycles. The van der Waals surface area contributed by atoms with Gasteiger partial charge in [0.15, 0.2) is 0 Å². The molecule has 0 fully saturated rings. The molecule has 112 valence electrons. The third kappa shape index (κ3) is 3.83. The summed E-state index contributed by atoms with van der Waals surface area (Å²) in [5.74, 6) is 0. The molecule has 3 N–H and O–H groups in total. The average molecular weight is 295 g/mol. The summed E-state index contributed by atoms with van der Waals surface area (Å²) in [5, 5.41) is 8.91. The van der Waals surface area contributed by atoms with Crippen LogP contribution in [0.5, 0.6) is 0 Å². The molecule has 2 rings (SSSR count). The van der Waals surface area contributed by atoms with Crippen LogP contribution in [0.25, 0.3) is 11.1 Å². The van der Waals surface area contributed by atoms with E-state index in [-0.39, 0.29) is 12.6 Å². The summed E-state index contributed by atoms with van der Waals surface area (Å²) in [7, 11) is 0. The zero-order chi connectivity index (χ0) is 15.5. The van der Waals surface area contributed by atoms with E-state index in [9.17, 15) is 13.2 Å². The van der Waals surface area contributed by atoms with Gasteiger partial charge in [0.05, 0.1) is 5.56 Å². The van der Waals surface area contributed by atoms with Crippen molar-refractivity contribution in [1.82, 2.24) is 0 Å². The summed E-state index contributed by atoms with van der Waals surface area (Å²) in [6.07, 6.45) is -3.95. The molecule has 0 saturated carbocycles. The van der Waals surface area contributed by atoms with Gasteiger partial charge in [-0.3, -0.25) is 0 Å². The number of benzene rings is 2. The third-order valence-corrected chi connectivity index (χ3v) is 3.28. The Kier molecular flexibility index (Phi) is 4.65. The highest BCUT2D eigenvalue weighted by molar-refractivity contribution is 5.65. The molecule has 5 heteroatoms. The highest BCUT2D eigenvalue weighted by Crippen LogP contribution is 2.32. The molecular weight excluding hydrogens is 279 g/mol. The summed E-state index contributed by atoms with van der Waals surface area (Å²) < 4.78 is 38.2. The fraction of sp³-hybridized carbons (Fsp3) is 0.250. The first kappa shape index (κ1) is 15.5. The van der Waals surface area contributed by atoms with Crippen LogP contribution in [0.3, 0.4) is 0 Å². The Morgan fingerprint density at radius 1 is 1.00 bits per heavy atom. The quantitative estimate of drug-likeness (QED) is 0.902. The van der Waals surface area contributed by atoms with E-state index in [2.05, 4.69) is 0 Å². The minimum Gasteiger partial charge on any atom is -0.396 e. The molecule has 0 aliphatic rings. The summed E-state index contributed by atoms with van der Waals surface area (Å²) >= 11 is 0. The zero-order valence-corrected chi connectivity index (χ0v) is 11.3. The Labute approximate surface area is 121 Å². The van der Waals surface area contributed by atoms with Crippen molar-refractivity contribution >= 4 is 0 Å². The Morgan fingerprint density at radius 3 is 2.24 bits per heavy atom. The molecule has 1 atom stereocenters. The lowest BCUT2D eigenvalue weighted by Crippen LogP contribution is -2.11. The maximum absolute atomic E-state index is 12.7. The minimum absolute atomic E-state index is 0.0328. The van der Waals surface area contributed by atoms with E-state index in [1.54, 1.807) is 30.3 Å². The van der Waals surface area contributed by atoms with Crippen molar-refractivity contribution in [2.75, 3.05) is 6.61 Å². The molecule has 0 bridgehead atoms. The smallest absolute Gasteiger partial charge is 0.396 e. The van der Waals surface area contributed by atoms with Gasteiger partial charge in [0.2, 0.25) is 0 Å². The molecular formula is C16H16F3NO. The maximum atomic E-state index is 12.7. The predicted octanol–water partition coefficient (Wildman–Crippen LogP) is 3.75. The highest BCUT2D eigenvalue weighted by atomic mass is 19.4. The summed E-state index contributed by atoms with van der Waals surface area (Å²) in [5.41, 5.74) is 7.19. The lowest BCUT2D eigenvalue weighted by atomic mass is 9.97. The molecule has 0 saturated heterocycles. The molecule has 0 aliphatic heterocycles. The molecule has 0 heterocycles. The van der Waals surface area contributed by atoms with Gasteiger partial charge in [-0.25, -0.2) is 0 Å².